The zero-order valence-electron chi connectivity index (χ0n) is 11.6. The Morgan fingerprint density at radius 2 is 1.95 bits per heavy atom. The highest BCUT2D eigenvalue weighted by Crippen LogP contribution is 2.17. The monoisotopic (exact) mass is 286 g/mol. The van der Waals surface area contributed by atoms with E-state index in [9.17, 15) is 9.90 Å². The Hall–Kier alpha value is -2.34. The van der Waals surface area contributed by atoms with Gasteiger partial charge in [-0.1, -0.05) is 12.1 Å². The van der Waals surface area contributed by atoms with Crippen molar-refractivity contribution < 1.29 is 9.90 Å². The largest absolute Gasteiger partial charge is 0.397 e. The van der Waals surface area contributed by atoms with Crippen LogP contribution in [0.15, 0.2) is 36.5 Å². The maximum absolute atomic E-state index is 12.4. The molecule has 3 N–H and O–H groups in total. The fraction of sp³-hybridized carbons (Fsp3) is 0.333. The van der Waals surface area contributed by atoms with E-state index in [4.69, 9.17) is 5.73 Å². The minimum absolute atomic E-state index is 0.102. The topological polar surface area (TPSA) is 84.4 Å². The van der Waals surface area contributed by atoms with Crippen LogP contribution in [0.2, 0.25) is 0 Å². The van der Waals surface area contributed by atoms with E-state index in [0.29, 0.717) is 37.3 Å². The SMILES string of the molecule is Nc1ccccc1-n1ccc(C(=O)N2CCC(O)CC2)n1. The molecule has 21 heavy (non-hydrogen) atoms. The van der Waals surface area contributed by atoms with Gasteiger partial charge in [-0.15, -0.1) is 0 Å². The van der Waals surface area contributed by atoms with Crippen LogP contribution in [0.5, 0.6) is 0 Å². The number of aromatic nitrogens is 2. The van der Waals surface area contributed by atoms with Gasteiger partial charge in [0, 0.05) is 19.3 Å². The predicted octanol–water partition coefficient (Wildman–Crippen LogP) is 1.05. The molecule has 3 rings (SSSR count). The first-order valence-electron chi connectivity index (χ1n) is 7.03. The number of anilines is 1. The van der Waals surface area contributed by atoms with Gasteiger partial charge >= 0.3 is 0 Å². The van der Waals surface area contributed by atoms with Crippen LogP contribution in [0.4, 0.5) is 5.69 Å². The second-order valence-corrected chi connectivity index (χ2v) is 5.23. The number of hydrogen-bond donors (Lipinski definition) is 2. The van der Waals surface area contributed by atoms with E-state index in [2.05, 4.69) is 5.10 Å². The summed E-state index contributed by atoms with van der Waals surface area (Å²) in [6.45, 7) is 1.14. The number of aliphatic hydroxyl groups is 1. The molecular formula is C15H18N4O2. The van der Waals surface area contributed by atoms with Gasteiger partial charge in [0.05, 0.1) is 17.5 Å². The van der Waals surface area contributed by atoms with Crippen LogP contribution in [-0.4, -0.2) is 44.9 Å². The lowest BCUT2D eigenvalue weighted by Gasteiger charge is -2.28. The summed E-state index contributed by atoms with van der Waals surface area (Å²) in [5.74, 6) is -0.102. The summed E-state index contributed by atoms with van der Waals surface area (Å²) in [7, 11) is 0. The zero-order valence-corrected chi connectivity index (χ0v) is 11.6. The Balaban J connectivity index is 1.79. The summed E-state index contributed by atoms with van der Waals surface area (Å²) in [5.41, 5.74) is 7.68. The van der Waals surface area contributed by atoms with Crippen LogP contribution in [0.3, 0.4) is 0 Å². The lowest BCUT2D eigenvalue weighted by atomic mass is 10.1. The fourth-order valence-corrected chi connectivity index (χ4v) is 2.50. The van der Waals surface area contributed by atoms with Crippen molar-refractivity contribution in [1.82, 2.24) is 14.7 Å². The second kappa shape index (κ2) is 5.57. The summed E-state index contributed by atoms with van der Waals surface area (Å²) in [6.07, 6.45) is 2.68. The molecule has 110 valence electrons. The summed E-state index contributed by atoms with van der Waals surface area (Å²) >= 11 is 0. The van der Waals surface area contributed by atoms with Gasteiger partial charge < -0.3 is 15.7 Å². The minimum Gasteiger partial charge on any atom is -0.397 e. The molecule has 0 spiro atoms. The summed E-state index contributed by atoms with van der Waals surface area (Å²) in [5, 5.41) is 13.8. The van der Waals surface area contributed by atoms with Crippen LogP contribution in [-0.2, 0) is 0 Å². The molecule has 2 heterocycles. The highest BCUT2D eigenvalue weighted by atomic mass is 16.3. The van der Waals surface area contributed by atoms with Crippen LogP contribution in [0.1, 0.15) is 23.3 Å². The molecule has 1 aliphatic rings. The molecule has 6 nitrogen and oxygen atoms in total. The van der Waals surface area contributed by atoms with E-state index in [1.54, 1.807) is 27.9 Å². The number of hydrogen-bond acceptors (Lipinski definition) is 4. The fourth-order valence-electron chi connectivity index (χ4n) is 2.50. The van der Waals surface area contributed by atoms with Crippen LogP contribution in [0.25, 0.3) is 5.69 Å². The number of likely N-dealkylation sites (tertiary alicyclic amines) is 1. The molecule has 6 heteroatoms. The zero-order chi connectivity index (χ0) is 14.8. The third-order valence-corrected chi connectivity index (χ3v) is 3.74. The van der Waals surface area contributed by atoms with Gasteiger partial charge in [0.25, 0.3) is 5.91 Å². The third kappa shape index (κ3) is 2.75. The molecule has 0 unspecified atom stereocenters. The highest BCUT2D eigenvalue weighted by molar-refractivity contribution is 5.92. The summed E-state index contributed by atoms with van der Waals surface area (Å²) in [6, 6.07) is 9.08. The smallest absolute Gasteiger partial charge is 0.274 e. The maximum atomic E-state index is 12.4. The van der Waals surface area contributed by atoms with Crippen molar-refractivity contribution in [3.05, 3.63) is 42.2 Å². The number of benzene rings is 1. The lowest BCUT2D eigenvalue weighted by Crippen LogP contribution is -2.40. The number of carbonyl (C=O) groups is 1. The van der Waals surface area contributed by atoms with E-state index >= 15 is 0 Å². The number of carbonyl (C=O) groups excluding carboxylic acids is 1. The van der Waals surface area contributed by atoms with Crippen LogP contribution >= 0.6 is 0 Å². The van der Waals surface area contributed by atoms with Crippen molar-refractivity contribution in [2.45, 2.75) is 18.9 Å². The van der Waals surface area contributed by atoms with Crippen molar-refractivity contribution in [2.75, 3.05) is 18.8 Å². The number of rotatable bonds is 2. The normalized spacial score (nSPS) is 16.1. The van der Waals surface area contributed by atoms with Crippen LogP contribution < -0.4 is 5.73 Å². The van der Waals surface area contributed by atoms with Gasteiger partial charge in [0.1, 0.15) is 0 Å². The molecule has 1 fully saturated rings. The molecule has 1 aromatic heterocycles. The van der Waals surface area contributed by atoms with Gasteiger partial charge in [-0.2, -0.15) is 5.10 Å². The molecule has 0 saturated carbocycles. The number of piperidine rings is 1. The van der Waals surface area contributed by atoms with Gasteiger partial charge in [-0.25, -0.2) is 4.68 Å². The Morgan fingerprint density at radius 3 is 2.67 bits per heavy atom. The highest BCUT2D eigenvalue weighted by Gasteiger charge is 2.23. The predicted molar refractivity (Wildman–Crippen MR) is 79.1 cm³/mol. The first-order chi connectivity index (χ1) is 10.1. The van der Waals surface area contributed by atoms with Gasteiger partial charge in [-0.05, 0) is 31.0 Å². The molecule has 1 aliphatic heterocycles. The number of aliphatic hydroxyl groups excluding tert-OH is 1. The first kappa shape index (κ1) is 13.6. The molecule has 0 radical (unpaired) electrons. The molecule has 2 aromatic rings. The average Bonchev–Trinajstić information content (AvgIpc) is 2.97. The Morgan fingerprint density at radius 1 is 1.24 bits per heavy atom. The lowest BCUT2D eigenvalue weighted by molar-refractivity contribution is 0.0541. The summed E-state index contributed by atoms with van der Waals surface area (Å²) in [4.78, 5) is 14.1. The average molecular weight is 286 g/mol. The van der Waals surface area contributed by atoms with Crippen molar-refractivity contribution in [3.63, 3.8) is 0 Å². The van der Waals surface area contributed by atoms with Crippen molar-refractivity contribution in [2.24, 2.45) is 0 Å². The Bertz CT molecular complexity index is 645. The minimum atomic E-state index is -0.296. The van der Waals surface area contributed by atoms with E-state index in [0.717, 1.165) is 5.69 Å². The Kier molecular flexibility index (Phi) is 3.62. The van der Waals surface area contributed by atoms with Crippen molar-refractivity contribution in [1.29, 1.82) is 0 Å². The molecule has 0 bridgehead atoms. The first-order valence-corrected chi connectivity index (χ1v) is 7.03. The van der Waals surface area contributed by atoms with Gasteiger partial charge in [-0.3, -0.25) is 4.79 Å². The van der Waals surface area contributed by atoms with Crippen LogP contribution in [0, 0.1) is 0 Å². The number of nitrogens with zero attached hydrogens (tertiary/aromatic N) is 3. The van der Waals surface area contributed by atoms with Crippen molar-refractivity contribution in [3.8, 4) is 5.69 Å². The van der Waals surface area contributed by atoms with E-state index in [1.807, 2.05) is 18.2 Å². The van der Waals surface area contributed by atoms with E-state index in [-0.39, 0.29) is 12.0 Å². The number of para-hydroxylation sites is 2. The third-order valence-electron chi connectivity index (χ3n) is 3.74. The quantitative estimate of drug-likeness (QED) is 0.808. The number of nitrogens with two attached hydrogens (primary N) is 1. The molecular weight excluding hydrogens is 268 g/mol. The van der Waals surface area contributed by atoms with Gasteiger partial charge in [0.2, 0.25) is 0 Å². The maximum Gasteiger partial charge on any atom is 0.274 e. The molecule has 1 saturated heterocycles. The van der Waals surface area contributed by atoms with E-state index in [1.165, 1.54) is 0 Å². The Labute approximate surface area is 122 Å². The van der Waals surface area contributed by atoms with Gasteiger partial charge in [0.15, 0.2) is 5.69 Å². The summed E-state index contributed by atoms with van der Waals surface area (Å²) < 4.78 is 1.61. The molecule has 1 aromatic carbocycles. The number of nitrogen functional groups attached to an aromatic ring is 1. The standard InChI is InChI=1S/C15H18N4O2/c16-12-3-1-2-4-14(12)19-10-7-13(17-19)15(21)18-8-5-11(20)6-9-18/h1-4,7,10-11,20H,5-6,8-9,16H2. The molecule has 0 aliphatic carbocycles. The second-order valence-electron chi connectivity index (χ2n) is 5.23. The van der Waals surface area contributed by atoms with E-state index < -0.39 is 0 Å². The van der Waals surface area contributed by atoms with Crippen molar-refractivity contribution >= 4 is 11.6 Å². The molecule has 1 amide bonds. The molecule has 0 atom stereocenters. The number of amides is 1.